The Morgan fingerprint density at radius 3 is 1.79 bits per heavy atom. The van der Waals surface area contributed by atoms with E-state index >= 15 is 0 Å². The molecule has 0 spiro atoms. The number of hydrogen-bond acceptors (Lipinski definition) is 1. The summed E-state index contributed by atoms with van der Waals surface area (Å²) in [6.07, 6.45) is 0. The van der Waals surface area contributed by atoms with Gasteiger partial charge in [0, 0.05) is 38.2 Å². The van der Waals surface area contributed by atoms with E-state index in [2.05, 4.69) is 162 Å². The lowest BCUT2D eigenvalue weighted by atomic mass is 9.94. The molecule has 2 nitrogen and oxygen atoms in total. The largest absolute Gasteiger partial charge is 0.309 e. The number of benzene rings is 7. The van der Waals surface area contributed by atoms with Crippen LogP contribution in [0.1, 0.15) is 0 Å². The number of para-hydroxylation sites is 3. The van der Waals surface area contributed by atoms with Gasteiger partial charge in [0.15, 0.2) is 0 Å². The van der Waals surface area contributed by atoms with E-state index in [1.807, 2.05) is 0 Å². The SMILES string of the molecule is c1cc(-c2ccc(-c3nc4ccccc4c4c3ccc3ccccc34)cc2)cc(-n2c3ccccc3c3ccccc32)c1. The Bertz CT molecular complexity index is 2430. The molecule has 0 unspecified atom stereocenters. The van der Waals surface area contributed by atoms with Gasteiger partial charge in [-0.25, -0.2) is 4.98 Å². The molecule has 0 fully saturated rings. The average Bonchev–Trinajstić information content (AvgIpc) is 3.42. The van der Waals surface area contributed by atoms with Crippen LogP contribution in [0.2, 0.25) is 0 Å². The van der Waals surface area contributed by atoms with Crippen LogP contribution in [0.5, 0.6) is 0 Å². The van der Waals surface area contributed by atoms with Gasteiger partial charge < -0.3 is 4.57 Å². The van der Waals surface area contributed by atoms with Gasteiger partial charge in [-0.15, -0.1) is 0 Å². The highest BCUT2D eigenvalue weighted by molar-refractivity contribution is 6.22. The summed E-state index contributed by atoms with van der Waals surface area (Å²) in [5.41, 5.74) is 9.13. The normalized spacial score (nSPS) is 11.7. The molecule has 0 bridgehead atoms. The van der Waals surface area contributed by atoms with Crippen LogP contribution in [0.4, 0.5) is 0 Å². The van der Waals surface area contributed by atoms with E-state index in [0.29, 0.717) is 0 Å². The second-order valence-electron chi connectivity index (χ2n) is 11.2. The van der Waals surface area contributed by atoms with Crippen LogP contribution in [-0.4, -0.2) is 9.55 Å². The predicted octanol–water partition coefficient (Wildman–Crippen LogP) is 11.0. The molecule has 0 aliphatic heterocycles. The molecule has 43 heavy (non-hydrogen) atoms. The zero-order valence-electron chi connectivity index (χ0n) is 23.4. The molecule has 0 aliphatic rings. The molecule has 2 heteroatoms. The molecular weight excluding hydrogens is 520 g/mol. The molecule has 0 atom stereocenters. The highest BCUT2D eigenvalue weighted by atomic mass is 15.0. The van der Waals surface area contributed by atoms with Crippen LogP contribution in [0.25, 0.3) is 82.3 Å². The number of fused-ring (bicyclic) bond motifs is 8. The summed E-state index contributed by atoms with van der Waals surface area (Å²) in [7, 11) is 0. The van der Waals surface area contributed by atoms with Crippen LogP contribution >= 0.6 is 0 Å². The van der Waals surface area contributed by atoms with Crippen LogP contribution in [0, 0.1) is 0 Å². The van der Waals surface area contributed by atoms with Gasteiger partial charge in [-0.3, -0.25) is 0 Å². The number of aromatic nitrogens is 2. The quantitative estimate of drug-likeness (QED) is 0.202. The molecular formula is C41H26N2. The number of nitrogens with zero attached hydrogens (tertiary/aromatic N) is 2. The summed E-state index contributed by atoms with van der Waals surface area (Å²) in [4.78, 5) is 5.19. The number of rotatable bonds is 3. The maximum Gasteiger partial charge on any atom is 0.0788 e. The van der Waals surface area contributed by atoms with Gasteiger partial charge in [0.05, 0.1) is 22.2 Å². The van der Waals surface area contributed by atoms with E-state index in [0.717, 1.165) is 22.5 Å². The number of hydrogen-bond donors (Lipinski definition) is 0. The Morgan fingerprint density at radius 2 is 1.02 bits per heavy atom. The lowest BCUT2D eigenvalue weighted by Crippen LogP contribution is -1.94. The summed E-state index contributed by atoms with van der Waals surface area (Å²) < 4.78 is 2.37. The lowest BCUT2D eigenvalue weighted by Gasteiger charge is -2.13. The monoisotopic (exact) mass is 546 g/mol. The molecule has 2 aromatic heterocycles. The summed E-state index contributed by atoms with van der Waals surface area (Å²) in [6, 6.07) is 56.6. The first kappa shape index (κ1) is 23.9. The average molecular weight is 547 g/mol. The molecule has 2 heterocycles. The summed E-state index contributed by atoms with van der Waals surface area (Å²) >= 11 is 0. The zero-order valence-corrected chi connectivity index (χ0v) is 23.4. The second kappa shape index (κ2) is 9.40. The summed E-state index contributed by atoms with van der Waals surface area (Å²) in [5, 5.41) is 8.69. The summed E-state index contributed by atoms with van der Waals surface area (Å²) in [5.74, 6) is 0. The van der Waals surface area contributed by atoms with Crippen molar-refractivity contribution in [2.75, 3.05) is 0 Å². The molecule has 0 aliphatic carbocycles. The lowest BCUT2D eigenvalue weighted by molar-refractivity contribution is 1.18. The van der Waals surface area contributed by atoms with Gasteiger partial charge >= 0.3 is 0 Å². The fraction of sp³-hybridized carbons (Fsp3) is 0. The van der Waals surface area contributed by atoms with E-state index in [1.165, 1.54) is 59.9 Å². The van der Waals surface area contributed by atoms with Crippen molar-refractivity contribution in [3.8, 4) is 28.1 Å². The first-order chi connectivity index (χ1) is 21.3. The van der Waals surface area contributed by atoms with Crippen molar-refractivity contribution in [1.29, 1.82) is 0 Å². The van der Waals surface area contributed by atoms with Crippen LogP contribution in [0.15, 0.2) is 158 Å². The maximum atomic E-state index is 5.19. The first-order valence-corrected chi connectivity index (χ1v) is 14.7. The molecule has 9 aromatic rings. The number of pyridine rings is 1. The topological polar surface area (TPSA) is 17.8 Å². The predicted molar refractivity (Wildman–Crippen MR) is 182 cm³/mol. The van der Waals surface area contributed by atoms with E-state index < -0.39 is 0 Å². The third-order valence-corrected chi connectivity index (χ3v) is 8.77. The van der Waals surface area contributed by atoms with E-state index in [4.69, 9.17) is 4.98 Å². The van der Waals surface area contributed by atoms with Crippen molar-refractivity contribution >= 4 is 54.3 Å². The Kier molecular flexibility index (Phi) is 5.23. The van der Waals surface area contributed by atoms with E-state index in [1.54, 1.807) is 0 Å². The molecule has 7 aromatic carbocycles. The zero-order chi connectivity index (χ0) is 28.3. The molecule has 0 amide bonds. The van der Waals surface area contributed by atoms with Crippen molar-refractivity contribution in [2.45, 2.75) is 0 Å². The van der Waals surface area contributed by atoms with Crippen molar-refractivity contribution < 1.29 is 0 Å². The van der Waals surface area contributed by atoms with Crippen molar-refractivity contribution in [3.05, 3.63) is 158 Å². The maximum absolute atomic E-state index is 5.19. The van der Waals surface area contributed by atoms with Gasteiger partial charge in [-0.05, 0) is 52.2 Å². The van der Waals surface area contributed by atoms with Crippen LogP contribution in [-0.2, 0) is 0 Å². The molecule has 0 radical (unpaired) electrons. The fourth-order valence-electron chi connectivity index (χ4n) is 6.79. The van der Waals surface area contributed by atoms with Gasteiger partial charge in [-0.1, -0.05) is 127 Å². The van der Waals surface area contributed by atoms with Gasteiger partial charge in [0.2, 0.25) is 0 Å². The standard InChI is InChI=1S/C41H26N2/c1-2-13-32-28(10-1)24-25-36-40(32)35-16-3-6-17-37(35)42-41(36)29-22-20-27(21-23-29)30-11-9-12-31(26-30)43-38-18-7-4-14-33(38)34-15-5-8-19-39(34)43/h1-26H. The molecule has 0 saturated heterocycles. The first-order valence-electron chi connectivity index (χ1n) is 14.7. The van der Waals surface area contributed by atoms with Gasteiger partial charge in [0.25, 0.3) is 0 Å². The molecule has 9 rings (SSSR count). The second-order valence-corrected chi connectivity index (χ2v) is 11.2. The van der Waals surface area contributed by atoms with Crippen molar-refractivity contribution in [2.24, 2.45) is 0 Å². The van der Waals surface area contributed by atoms with E-state index in [9.17, 15) is 0 Å². The fourth-order valence-corrected chi connectivity index (χ4v) is 6.79. The Morgan fingerprint density at radius 1 is 0.395 bits per heavy atom. The minimum Gasteiger partial charge on any atom is -0.309 e. The molecule has 200 valence electrons. The van der Waals surface area contributed by atoms with Crippen molar-refractivity contribution in [3.63, 3.8) is 0 Å². The third-order valence-electron chi connectivity index (χ3n) is 8.77. The highest BCUT2D eigenvalue weighted by Crippen LogP contribution is 2.38. The Balaban J connectivity index is 1.18. The Hall–Kier alpha value is -5.73. The Labute approximate surface area is 249 Å². The van der Waals surface area contributed by atoms with Gasteiger partial charge in [-0.2, -0.15) is 0 Å². The smallest absolute Gasteiger partial charge is 0.0788 e. The minimum absolute atomic E-state index is 1.02. The molecule has 0 saturated carbocycles. The highest BCUT2D eigenvalue weighted by Gasteiger charge is 2.14. The minimum atomic E-state index is 1.02. The van der Waals surface area contributed by atoms with Crippen molar-refractivity contribution in [1.82, 2.24) is 9.55 Å². The van der Waals surface area contributed by atoms with Crippen LogP contribution in [0.3, 0.4) is 0 Å². The molecule has 0 N–H and O–H groups in total. The summed E-state index contributed by atoms with van der Waals surface area (Å²) in [6.45, 7) is 0. The van der Waals surface area contributed by atoms with Gasteiger partial charge in [0.1, 0.15) is 0 Å². The van der Waals surface area contributed by atoms with E-state index in [-0.39, 0.29) is 0 Å². The third kappa shape index (κ3) is 3.70. The van der Waals surface area contributed by atoms with Crippen LogP contribution < -0.4 is 0 Å².